The number of rotatable bonds is 7. The van der Waals surface area contributed by atoms with Gasteiger partial charge in [-0.1, -0.05) is 194 Å². The fourth-order valence-corrected chi connectivity index (χ4v) is 10.5. The van der Waals surface area contributed by atoms with Crippen LogP contribution in [0.15, 0.2) is 241 Å². The molecule has 10 aromatic carbocycles. The molecule has 0 aliphatic rings. The van der Waals surface area contributed by atoms with Gasteiger partial charge in [0.1, 0.15) is 5.58 Å². The molecule has 0 fully saturated rings. The molecule has 69 heavy (non-hydrogen) atoms. The molecule has 14 aromatic rings. The van der Waals surface area contributed by atoms with E-state index in [-0.39, 0.29) is 0 Å². The topological polar surface area (TPSA) is 61.7 Å². The van der Waals surface area contributed by atoms with E-state index in [0.29, 0.717) is 17.5 Å². The molecule has 0 aliphatic heterocycles. The van der Waals surface area contributed by atoms with Crippen molar-refractivity contribution in [3.05, 3.63) is 237 Å². The third-order valence-electron chi connectivity index (χ3n) is 13.6. The van der Waals surface area contributed by atoms with E-state index >= 15 is 0 Å². The number of hydrogen-bond acceptors (Lipinski definition) is 4. The van der Waals surface area contributed by atoms with Crippen LogP contribution in [0, 0.1) is 0 Å². The smallest absolute Gasteiger partial charge is 0.164 e. The largest absolute Gasteiger partial charge is 0.454 e. The second-order valence-electron chi connectivity index (χ2n) is 17.5. The molecule has 0 aliphatic carbocycles. The SMILES string of the molecule is c1ccc(-c2nc(-c3ccccc3)nc(-c3cccc(-n4c5ccccc5c5ccc(-c6c(-c7ccccc7)ccc7c8ccccc8n(-c8cccc9c8oc8ccccc89)c67)cc54)c3)n2)cc1. The second-order valence-corrected chi connectivity index (χ2v) is 17.5. The summed E-state index contributed by atoms with van der Waals surface area (Å²) in [5.41, 5.74) is 15.5. The lowest BCUT2D eigenvalue weighted by Crippen LogP contribution is -2.01. The molecule has 0 spiro atoms. The molecular formula is C63H39N5O. The van der Waals surface area contributed by atoms with Crippen molar-refractivity contribution >= 4 is 65.6 Å². The molecule has 4 heterocycles. The van der Waals surface area contributed by atoms with E-state index in [0.717, 1.165) is 94.3 Å². The van der Waals surface area contributed by atoms with Crippen LogP contribution >= 0.6 is 0 Å². The molecule has 4 aromatic heterocycles. The van der Waals surface area contributed by atoms with Gasteiger partial charge in [0, 0.05) is 60.3 Å². The summed E-state index contributed by atoms with van der Waals surface area (Å²) in [5.74, 6) is 1.87. The van der Waals surface area contributed by atoms with E-state index in [9.17, 15) is 0 Å². The van der Waals surface area contributed by atoms with Gasteiger partial charge >= 0.3 is 0 Å². The van der Waals surface area contributed by atoms with E-state index in [1.807, 2.05) is 66.7 Å². The molecule has 6 heteroatoms. The fourth-order valence-electron chi connectivity index (χ4n) is 10.5. The Kier molecular flexibility index (Phi) is 8.79. The zero-order chi connectivity index (χ0) is 45.4. The predicted octanol–water partition coefficient (Wildman–Crippen LogP) is 16.3. The van der Waals surface area contributed by atoms with E-state index in [2.05, 4.69) is 179 Å². The van der Waals surface area contributed by atoms with Gasteiger partial charge < -0.3 is 13.6 Å². The van der Waals surface area contributed by atoms with Crippen LogP contribution in [-0.2, 0) is 0 Å². The van der Waals surface area contributed by atoms with E-state index in [1.165, 1.54) is 21.5 Å². The maximum atomic E-state index is 6.78. The van der Waals surface area contributed by atoms with Gasteiger partial charge in [0.15, 0.2) is 23.1 Å². The molecule has 14 rings (SSSR count). The maximum absolute atomic E-state index is 6.78. The minimum absolute atomic E-state index is 0.609. The van der Waals surface area contributed by atoms with Crippen molar-refractivity contribution in [2.75, 3.05) is 0 Å². The fraction of sp³-hybridized carbons (Fsp3) is 0. The minimum atomic E-state index is 0.609. The number of hydrogen-bond donors (Lipinski definition) is 0. The molecule has 0 atom stereocenters. The summed E-state index contributed by atoms with van der Waals surface area (Å²) in [5, 5.41) is 6.88. The second kappa shape index (κ2) is 15.6. The van der Waals surface area contributed by atoms with Gasteiger partial charge in [0.2, 0.25) is 0 Å². The first-order valence-electron chi connectivity index (χ1n) is 23.3. The summed E-state index contributed by atoms with van der Waals surface area (Å²) >= 11 is 0. The van der Waals surface area contributed by atoms with Crippen LogP contribution < -0.4 is 0 Å². The van der Waals surface area contributed by atoms with Crippen LogP contribution in [0.5, 0.6) is 0 Å². The molecule has 0 radical (unpaired) electrons. The quantitative estimate of drug-likeness (QED) is 0.160. The number of nitrogens with zero attached hydrogens (tertiary/aromatic N) is 5. The summed E-state index contributed by atoms with van der Waals surface area (Å²) in [6.45, 7) is 0. The standard InChI is InChI=1S/C63H39N5O/c1-4-18-40(19-5-1)46-36-37-51-48-27-11-14-31-54(48)68(55-32-17-29-52-50-28-12-15-33-57(50)69-60(52)55)59(51)58(46)43-34-35-49-47-26-10-13-30-53(47)67(56(49)39-43)45-25-16-24-44(38-45)63-65-61(41-20-6-2-7-21-41)64-62(66-63)42-22-8-3-9-23-42/h1-39H. The Morgan fingerprint density at radius 2 is 0.841 bits per heavy atom. The normalized spacial score (nSPS) is 11.8. The number of para-hydroxylation sites is 4. The van der Waals surface area contributed by atoms with Crippen molar-refractivity contribution in [1.29, 1.82) is 0 Å². The first-order chi connectivity index (χ1) is 34.2. The van der Waals surface area contributed by atoms with Crippen molar-refractivity contribution in [3.63, 3.8) is 0 Å². The van der Waals surface area contributed by atoms with Crippen LogP contribution in [0.4, 0.5) is 0 Å². The highest BCUT2D eigenvalue weighted by Crippen LogP contribution is 2.46. The zero-order valence-corrected chi connectivity index (χ0v) is 37.2. The average Bonchev–Trinajstić information content (AvgIpc) is 4.09. The van der Waals surface area contributed by atoms with Crippen molar-refractivity contribution in [3.8, 4) is 67.8 Å². The maximum Gasteiger partial charge on any atom is 0.164 e. The highest BCUT2D eigenvalue weighted by Gasteiger charge is 2.24. The number of benzene rings is 10. The lowest BCUT2D eigenvalue weighted by molar-refractivity contribution is 0.666. The molecule has 0 saturated heterocycles. The van der Waals surface area contributed by atoms with Crippen LogP contribution in [0.1, 0.15) is 0 Å². The summed E-state index contributed by atoms with van der Waals surface area (Å²) < 4.78 is 11.6. The van der Waals surface area contributed by atoms with E-state index < -0.39 is 0 Å². The summed E-state index contributed by atoms with van der Waals surface area (Å²) in [6, 6.07) is 83.5. The molecule has 0 saturated carbocycles. The molecule has 0 N–H and O–H groups in total. The monoisotopic (exact) mass is 881 g/mol. The van der Waals surface area contributed by atoms with E-state index in [1.54, 1.807) is 0 Å². The van der Waals surface area contributed by atoms with Gasteiger partial charge in [0.05, 0.1) is 27.8 Å². The van der Waals surface area contributed by atoms with Crippen molar-refractivity contribution < 1.29 is 4.42 Å². The van der Waals surface area contributed by atoms with Crippen molar-refractivity contribution in [1.82, 2.24) is 24.1 Å². The third-order valence-corrected chi connectivity index (χ3v) is 13.6. The lowest BCUT2D eigenvalue weighted by Gasteiger charge is -2.17. The Labute approximate surface area is 396 Å². The minimum Gasteiger partial charge on any atom is -0.454 e. The molecular weight excluding hydrogens is 843 g/mol. The Hall–Kier alpha value is -9.39. The van der Waals surface area contributed by atoms with E-state index in [4.69, 9.17) is 19.4 Å². The Bertz CT molecular complexity index is 4240. The summed E-state index contributed by atoms with van der Waals surface area (Å²) in [6.07, 6.45) is 0. The van der Waals surface area contributed by atoms with Crippen molar-refractivity contribution in [2.24, 2.45) is 0 Å². The zero-order valence-electron chi connectivity index (χ0n) is 37.2. The first-order valence-corrected chi connectivity index (χ1v) is 23.3. The Morgan fingerprint density at radius 3 is 1.55 bits per heavy atom. The van der Waals surface area contributed by atoms with Gasteiger partial charge in [0.25, 0.3) is 0 Å². The van der Waals surface area contributed by atoms with Crippen molar-refractivity contribution in [2.45, 2.75) is 0 Å². The summed E-state index contributed by atoms with van der Waals surface area (Å²) in [4.78, 5) is 15.2. The molecule has 0 amide bonds. The Morgan fingerprint density at radius 1 is 0.319 bits per heavy atom. The van der Waals surface area contributed by atoms with Gasteiger partial charge in [-0.15, -0.1) is 0 Å². The van der Waals surface area contributed by atoms with Crippen LogP contribution in [0.25, 0.3) is 133 Å². The molecule has 322 valence electrons. The number of furan rings is 1. The average molecular weight is 882 g/mol. The van der Waals surface area contributed by atoms with Gasteiger partial charge in [-0.3, -0.25) is 0 Å². The highest BCUT2D eigenvalue weighted by atomic mass is 16.3. The third kappa shape index (κ3) is 6.23. The van der Waals surface area contributed by atoms with Crippen LogP contribution in [0.2, 0.25) is 0 Å². The number of fused-ring (bicyclic) bond motifs is 9. The number of aromatic nitrogens is 5. The molecule has 6 nitrogen and oxygen atoms in total. The van der Waals surface area contributed by atoms with Crippen LogP contribution in [-0.4, -0.2) is 24.1 Å². The van der Waals surface area contributed by atoms with Crippen LogP contribution in [0.3, 0.4) is 0 Å². The highest BCUT2D eigenvalue weighted by molar-refractivity contribution is 6.19. The lowest BCUT2D eigenvalue weighted by atomic mass is 9.91. The Balaban J connectivity index is 1.03. The molecule has 0 bridgehead atoms. The van der Waals surface area contributed by atoms with Gasteiger partial charge in [-0.2, -0.15) is 0 Å². The predicted molar refractivity (Wildman–Crippen MR) is 283 cm³/mol. The van der Waals surface area contributed by atoms with Gasteiger partial charge in [-0.25, -0.2) is 15.0 Å². The van der Waals surface area contributed by atoms with Gasteiger partial charge in [-0.05, 0) is 59.2 Å². The summed E-state index contributed by atoms with van der Waals surface area (Å²) in [7, 11) is 0. The first kappa shape index (κ1) is 38.8. The molecule has 0 unspecified atom stereocenters.